The predicted octanol–water partition coefficient (Wildman–Crippen LogP) is 3.68. The smallest absolute Gasteiger partial charge is 0.108 e. The molecule has 0 amide bonds. The molecule has 1 heterocycles. The molecule has 1 aromatic rings. The second-order valence-corrected chi connectivity index (χ2v) is 6.55. The third-order valence-electron chi connectivity index (χ3n) is 3.64. The number of hydrogen-bond donors (Lipinski definition) is 3. The molecule has 0 bridgehead atoms. The van der Waals surface area contributed by atoms with Gasteiger partial charge in [0.25, 0.3) is 0 Å². The maximum atomic E-state index is 9.60. The molecule has 17 heavy (non-hydrogen) atoms. The van der Waals surface area contributed by atoms with Crippen LogP contribution < -0.4 is 10.6 Å². The monoisotopic (exact) mass is 360 g/mol. The van der Waals surface area contributed by atoms with E-state index in [2.05, 4.69) is 42.5 Å². The van der Waals surface area contributed by atoms with Gasteiger partial charge in [-0.05, 0) is 69.7 Å². The molecule has 2 aliphatic rings. The Morgan fingerprint density at radius 3 is 2.00 bits per heavy atom. The quantitative estimate of drug-likeness (QED) is 0.660. The van der Waals surface area contributed by atoms with Gasteiger partial charge in [0.15, 0.2) is 0 Å². The Morgan fingerprint density at radius 1 is 1.06 bits per heavy atom. The Kier molecular flexibility index (Phi) is 2.88. The topological polar surface area (TPSA) is 44.3 Å². The average Bonchev–Trinajstić information content (AvgIpc) is 2.70. The van der Waals surface area contributed by atoms with Gasteiger partial charge in [0.1, 0.15) is 5.66 Å². The fraction of sp³-hybridized carbons (Fsp3) is 0.500. The Balaban J connectivity index is 1.92. The van der Waals surface area contributed by atoms with Crippen LogP contribution in [0.1, 0.15) is 25.7 Å². The third-order valence-corrected chi connectivity index (χ3v) is 4.96. The first-order valence-corrected chi connectivity index (χ1v) is 7.41. The van der Waals surface area contributed by atoms with Crippen LogP contribution in [0.3, 0.4) is 0 Å². The second kappa shape index (κ2) is 4.14. The number of anilines is 2. The summed E-state index contributed by atoms with van der Waals surface area (Å²) in [5.74, 6) is 0. The molecule has 0 saturated heterocycles. The van der Waals surface area contributed by atoms with E-state index in [4.69, 9.17) is 0 Å². The molecule has 3 nitrogen and oxygen atoms in total. The van der Waals surface area contributed by atoms with Crippen LogP contribution in [0, 0.1) is 0 Å². The van der Waals surface area contributed by atoms with Crippen LogP contribution in [0.25, 0.3) is 0 Å². The normalized spacial score (nSPS) is 22.1. The summed E-state index contributed by atoms with van der Waals surface area (Å²) in [5.41, 5.74) is 2.17. The highest BCUT2D eigenvalue weighted by Crippen LogP contribution is 2.47. The molecule has 1 fully saturated rings. The first-order chi connectivity index (χ1) is 8.10. The molecule has 1 saturated carbocycles. The summed E-state index contributed by atoms with van der Waals surface area (Å²) >= 11 is 7.14. The molecule has 92 valence electrons. The van der Waals surface area contributed by atoms with Gasteiger partial charge in [-0.15, -0.1) is 0 Å². The molecule has 0 atom stereocenters. The zero-order valence-corrected chi connectivity index (χ0v) is 12.4. The van der Waals surface area contributed by atoms with Crippen LogP contribution in [0.4, 0.5) is 11.4 Å². The van der Waals surface area contributed by atoms with Crippen molar-refractivity contribution < 1.29 is 5.11 Å². The van der Waals surface area contributed by atoms with Crippen molar-refractivity contribution in [3.05, 3.63) is 21.1 Å². The number of nitrogens with one attached hydrogen (secondary N) is 2. The Hall–Kier alpha value is -0.260. The summed E-state index contributed by atoms with van der Waals surface area (Å²) < 4.78 is 2.15. The van der Waals surface area contributed by atoms with Gasteiger partial charge in [-0.2, -0.15) is 0 Å². The molecule has 1 aromatic carbocycles. The lowest BCUT2D eigenvalue weighted by atomic mass is 9.88. The largest absolute Gasteiger partial charge is 0.393 e. The number of aliphatic hydroxyl groups excluding tert-OH is 1. The van der Waals surface area contributed by atoms with Crippen LogP contribution in [0.2, 0.25) is 0 Å². The predicted molar refractivity (Wildman–Crippen MR) is 76.3 cm³/mol. The minimum atomic E-state index is -0.139. The fourth-order valence-electron chi connectivity index (χ4n) is 2.65. The van der Waals surface area contributed by atoms with E-state index in [1.54, 1.807) is 0 Å². The number of benzene rings is 1. The van der Waals surface area contributed by atoms with Gasteiger partial charge in [0.2, 0.25) is 0 Å². The fourth-order valence-corrected chi connectivity index (χ4v) is 3.51. The molecule has 1 aliphatic carbocycles. The average molecular weight is 362 g/mol. The molecular formula is C12H14Br2N2O. The van der Waals surface area contributed by atoms with Crippen LogP contribution in [-0.2, 0) is 0 Å². The summed E-state index contributed by atoms with van der Waals surface area (Å²) in [5, 5.41) is 16.8. The minimum absolute atomic E-state index is 0.0754. The molecule has 1 aliphatic heterocycles. The van der Waals surface area contributed by atoms with E-state index in [0.29, 0.717) is 0 Å². The van der Waals surface area contributed by atoms with Gasteiger partial charge in [0, 0.05) is 8.95 Å². The first kappa shape index (κ1) is 11.8. The standard InChI is InChI=1S/C12H14Br2N2O/c13-8-1-2-9(14)11-10(8)15-12(16-11)5-3-7(17)4-6-12/h1-2,7,15-17H,3-6H2. The second-order valence-electron chi connectivity index (χ2n) is 4.84. The minimum Gasteiger partial charge on any atom is -0.393 e. The number of hydrogen-bond acceptors (Lipinski definition) is 3. The zero-order chi connectivity index (χ0) is 12.0. The molecule has 5 heteroatoms. The lowest BCUT2D eigenvalue weighted by molar-refractivity contribution is 0.111. The molecule has 3 rings (SSSR count). The molecule has 0 unspecified atom stereocenters. The molecule has 0 radical (unpaired) electrons. The van der Waals surface area contributed by atoms with Crippen molar-refractivity contribution in [1.29, 1.82) is 0 Å². The van der Waals surface area contributed by atoms with Crippen LogP contribution in [-0.4, -0.2) is 16.9 Å². The van der Waals surface area contributed by atoms with E-state index in [1.807, 2.05) is 12.1 Å². The number of aliphatic hydroxyl groups is 1. The highest BCUT2D eigenvalue weighted by atomic mass is 79.9. The maximum Gasteiger partial charge on any atom is 0.108 e. The van der Waals surface area contributed by atoms with Crippen LogP contribution in [0.15, 0.2) is 21.1 Å². The SMILES string of the molecule is OC1CCC2(CC1)Nc1c(Br)ccc(Br)c1N2. The van der Waals surface area contributed by atoms with Gasteiger partial charge in [0.05, 0.1) is 17.5 Å². The lowest BCUT2D eigenvalue weighted by Gasteiger charge is -2.36. The van der Waals surface area contributed by atoms with Crippen molar-refractivity contribution in [3.8, 4) is 0 Å². The molecule has 0 aromatic heterocycles. The first-order valence-electron chi connectivity index (χ1n) is 5.82. The van der Waals surface area contributed by atoms with Gasteiger partial charge < -0.3 is 15.7 Å². The Morgan fingerprint density at radius 2 is 1.53 bits per heavy atom. The van der Waals surface area contributed by atoms with E-state index < -0.39 is 0 Å². The highest BCUT2D eigenvalue weighted by molar-refractivity contribution is 9.11. The lowest BCUT2D eigenvalue weighted by Crippen LogP contribution is -2.46. The summed E-state index contributed by atoms with van der Waals surface area (Å²) in [6.45, 7) is 0. The van der Waals surface area contributed by atoms with E-state index >= 15 is 0 Å². The Bertz CT molecular complexity index is 423. The van der Waals surface area contributed by atoms with Crippen molar-refractivity contribution in [2.24, 2.45) is 0 Å². The number of halogens is 2. The van der Waals surface area contributed by atoms with Crippen LogP contribution in [0.5, 0.6) is 0 Å². The Labute approximate surface area is 117 Å². The van der Waals surface area contributed by atoms with Crippen molar-refractivity contribution in [3.63, 3.8) is 0 Å². The van der Waals surface area contributed by atoms with E-state index in [1.165, 1.54) is 0 Å². The zero-order valence-electron chi connectivity index (χ0n) is 9.26. The molecule has 1 spiro atoms. The van der Waals surface area contributed by atoms with E-state index in [-0.39, 0.29) is 11.8 Å². The third kappa shape index (κ3) is 1.98. The van der Waals surface area contributed by atoms with Crippen molar-refractivity contribution in [1.82, 2.24) is 0 Å². The van der Waals surface area contributed by atoms with E-state index in [9.17, 15) is 5.11 Å². The van der Waals surface area contributed by atoms with Gasteiger partial charge >= 0.3 is 0 Å². The molecular weight excluding hydrogens is 348 g/mol. The van der Waals surface area contributed by atoms with Crippen LogP contribution >= 0.6 is 31.9 Å². The van der Waals surface area contributed by atoms with Crippen molar-refractivity contribution in [2.45, 2.75) is 37.5 Å². The maximum absolute atomic E-state index is 9.60. The van der Waals surface area contributed by atoms with Crippen molar-refractivity contribution in [2.75, 3.05) is 10.6 Å². The van der Waals surface area contributed by atoms with Gasteiger partial charge in [-0.25, -0.2) is 0 Å². The van der Waals surface area contributed by atoms with Crippen molar-refractivity contribution >= 4 is 43.2 Å². The highest BCUT2D eigenvalue weighted by Gasteiger charge is 2.40. The number of fused-ring (bicyclic) bond motifs is 1. The number of rotatable bonds is 0. The van der Waals surface area contributed by atoms with E-state index in [0.717, 1.165) is 46.0 Å². The summed E-state index contributed by atoms with van der Waals surface area (Å²) in [7, 11) is 0. The molecule has 3 N–H and O–H groups in total. The van der Waals surface area contributed by atoms with Gasteiger partial charge in [-0.3, -0.25) is 0 Å². The van der Waals surface area contributed by atoms with Gasteiger partial charge in [-0.1, -0.05) is 0 Å². The summed E-state index contributed by atoms with van der Waals surface area (Å²) in [6.07, 6.45) is 3.45. The summed E-state index contributed by atoms with van der Waals surface area (Å²) in [4.78, 5) is 0. The summed E-state index contributed by atoms with van der Waals surface area (Å²) in [6, 6.07) is 4.07.